The topological polar surface area (TPSA) is 67.6 Å². The van der Waals surface area contributed by atoms with Gasteiger partial charge in [0.15, 0.2) is 0 Å². The molecule has 1 aliphatic rings. The summed E-state index contributed by atoms with van der Waals surface area (Å²) in [5.74, 6) is 0.822. The van der Waals surface area contributed by atoms with Gasteiger partial charge in [-0.2, -0.15) is 0 Å². The molecule has 1 aliphatic heterocycles. The smallest absolute Gasteiger partial charge is 0.238 e. The van der Waals surface area contributed by atoms with Gasteiger partial charge in [0.05, 0.1) is 13.2 Å². The summed E-state index contributed by atoms with van der Waals surface area (Å²) in [6, 6.07) is 7.65. The quantitative estimate of drug-likeness (QED) is 0.874. The minimum atomic E-state index is 0.00966. The molecule has 122 valence electrons. The highest BCUT2D eigenvalue weighted by molar-refractivity contribution is 5.92. The van der Waals surface area contributed by atoms with Crippen molar-refractivity contribution in [3.8, 4) is 5.75 Å². The molecule has 0 saturated carbocycles. The fraction of sp³-hybridized carbons (Fsp3) is 0.588. The van der Waals surface area contributed by atoms with Crippen molar-refractivity contribution in [2.24, 2.45) is 11.1 Å². The average Bonchev–Trinajstić information content (AvgIpc) is 2.45. The Morgan fingerprint density at radius 1 is 1.41 bits per heavy atom. The summed E-state index contributed by atoms with van der Waals surface area (Å²) in [5.41, 5.74) is 6.98. The SMILES string of the molecule is CCOc1ccc(NC(=O)CN2CCC(N)C(C)(C)C2)cc1. The molecular formula is C17H27N3O2. The fourth-order valence-electron chi connectivity index (χ4n) is 2.82. The van der Waals surface area contributed by atoms with Gasteiger partial charge in [-0.05, 0) is 43.0 Å². The zero-order chi connectivity index (χ0) is 16.2. The molecular weight excluding hydrogens is 278 g/mol. The Morgan fingerprint density at radius 3 is 2.68 bits per heavy atom. The van der Waals surface area contributed by atoms with Gasteiger partial charge < -0.3 is 15.8 Å². The van der Waals surface area contributed by atoms with Crippen LogP contribution < -0.4 is 15.8 Å². The van der Waals surface area contributed by atoms with Gasteiger partial charge in [0, 0.05) is 24.8 Å². The first-order valence-corrected chi connectivity index (χ1v) is 7.91. The third kappa shape index (κ3) is 4.45. The third-order valence-corrected chi connectivity index (χ3v) is 4.21. The number of nitrogens with one attached hydrogen (secondary N) is 1. The summed E-state index contributed by atoms with van der Waals surface area (Å²) >= 11 is 0. The van der Waals surface area contributed by atoms with Crippen molar-refractivity contribution in [3.63, 3.8) is 0 Å². The van der Waals surface area contributed by atoms with Crippen LogP contribution >= 0.6 is 0 Å². The lowest BCUT2D eigenvalue weighted by molar-refractivity contribution is -0.118. The molecule has 1 aromatic rings. The molecule has 0 bridgehead atoms. The van der Waals surface area contributed by atoms with Gasteiger partial charge in [-0.1, -0.05) is 13.8 Å². The van der Waals surface area contributed by atoms with E-state index in [0.717, 1.165) is 30.9 Å². The monoisotopic (exact) mass is 305 g/mol. The lowest BCUT2D eigenvalue weighted by Crippen LogP contribution is -2.53. The van der Waals surface area contributed by atoms with Crippen LogP contribution in [0.2, 0.25) is 0 Å². The number of hydrogen-bond donors (Lipinski definition) is 2. The maximum absolute atomic E-state index is 12.2. The van der Waals surface area contributed by atoms with Crippen LogP contribution in [-0.2, 0) is 4.79 Å². The second-order valence-corrected chi connectivity index (χ2v) is 6.60. The molecule has 0 radical (unpaired) electrons. The third-order valence-electron chi connectivity index (χ3n) is 4.21. The highest BCUT2D eigenvalue weighted by Crippen LogP contribution is 2.27. The van der Waals surface area contributed by atoms with Crippen LogP contribution in [0.3, 0.4) is 0 Å². The van der Waals surface area contributed by atoms with Crippen LogP contribution in [0.4, 0.5) is 5.69 Å². The molecule has 1 unspecified atom stereocenters. The summed E-state index contributed by atoms with van der Waals surface area (Å²) in [6.45, 7) is 9.04. The first-order chi connectivity index (χ1) is 10.4. The molecule has 0 spiro atoms. The first kappa shape index (κ1) is 16.8. The van der Waals surface area contributed by atoms with E-state index < -0.39 is 0 Å². The minimum absolute atomic E-state index is 0.00966. The van der Waals surface area contributed by atoms with Gasteiger partial charge in [0.25, 0.3) is 0 Å². The number of benzene rings is 1. The van der Waals surface area contributed by atoms with Gasteiger partial charge >= 0.3 is 0 Å². The van der Waals surface area contributed by atoms with Crippen molar-refractivity contribution in [2.45, 2.75) is 33.2 Å². The Labute approximate surface area is 132 Å². The zero-order valence-electron chi connectivity index (χ0n) is 13.8. The number of amides is 1. The number of piperidine rings is 1. The molecule has 22 heavy (non-hydrogen) atoms. The van der Waals surface area contributed by atoms with Gasteiger partial charge in [0.2, 0.25) is 5.91 Å². The van der Waals surface area contributed by atoms with Crippen LogP contribution in [0.25, 0.3) is 0 Å². The van der Waals surface area contributed by atoms with Crippen molar-refractivity contribution in [2.75, 3.05) is 31.6 Å². The number of nitrogens with two attached hydrogens (primary N) is 1. The van der Waals surface area contributed by atoms with E-state index in [0.29, 0.717) is 13.2 Å². The number of carbonyl (C=O) groups is 1. The van der Waals surface area contributed by atoms with E-state index >= 15 is 0 Å². The maximum atomic E-state index is 12.2. The second kappa shape index (κ2) is 7.11. The predicted octanol–water partition coefficient (Wildman–Crippen LogP) is 2.08. The molecule has 1 aromatic carbocycles. The number of likely N-dealkylation sites (tertiary alicyclic amines) is 1. The van der Waals surface area contributed by atoms with Crippen molar-refractivity contribution in [3.05, 3.63) is 24.3 Å². The molecule has 1 atom stereocenters. The number of ether oxygens (including phenoxy) is 1. The average molecular weight is 305 g/mol. The summed E-state index contributed by atoms with van der Waals surface area (Å²) in [5, 5.41) is 2.93. The van der Waals surface area contributed by atoms with E-state index in [2.05, 4.69) is 24.1 Å². The van der Waals surface area contributed by atoms with E-state index in [-0.39, 0.29) is 17.4 Å². The molecule has 2 rings (SSSR count). The van der Waals surface area contributed by atoms with E-state index in [1.807, 2.05) is 31.2 Å². The Balaban J connectivity index is 1.85. The second-order valence-electron chi connectivity index (χ2n) is 6.60. The Morgan fingerprint density at radius 2 is 2.09 bits per heavy atom. The molecule has 1 amide bonds. The van der Waals surface area contributed by atoms with E-state index in [1.54, 1.807) is 0 Å². The molecule has 5 heteroatoms. The largest absolute Gasteiger partial charge is 0.494 e. The minimum Gasteiger partial charge on any atom is -0.494 e. The lowest BCUT2D eigenvalue weighted by Gasteiger charge is -2.42. The molecule has 1 heterocycles. The highest BCUT2D eigenvalue weighted by Gasteiger charge is 2.33. The Hall–Kier alpha value is -1.59. The number of nitrogens with zero attached hydrogens (tertiary/aromatic N) is 1. The highest BCUT2D eigenvalue weighted by atomic mass is 16.5. The van der Waals surface area contributed by atoms with Crippen molar-refractivity contribution < 1.29 is 9.53 Å². The molecule has 5 nitrogen and oxygen atoms in total. The Bertz CT molecular complexity index is 499. The zero-order valence-corrected chi connectivity index (χ0v) is 13.8. The molecule has 1 saturated heterocycles. The van der Waals surface area contributed by atoms with Gasteiger partial charge in [-0.15, -0.1) is 0 Å². The molecule has 1 fully saturated rings. The Kier molecular flexibility index (Phi) is 5.42. The van der Waals surface area contributed by atoms with Gasteiger partial charge in [-0.25, -0.2) is 0 Å². The van der Waals surface area contributed by atoms with Crippen LogP contribution in [0.1, 0.15) is 27.2 Å². The van der Waals surface area contributed by atoms with E-state index in [9.17, 15) is 4.79 Å². The molecule has 0 aliphatic carbocycles. The van der Waals surface area contributed by atoms with Crippen molar-refractivity contribution >= 4 is 11.6 Å². The number of anilines is 1. The fourth-order valence-corrected chi connectivity index (χ4v) is 2.82. The molecule has 0 aromatic heterocycles. The van der Waals surface area contributed by atoms with E-state index in [4.69, 9.17) is 10.5 Å². The number of rotatable bonds is 5. The first-order valence-electron chi connectivity index (χ1n) is 7.91. The normalized spacial score (nSPS) is 21.4. The van der Waals surface area contributed by atoms with E-state index in [1.165, 1.54) is 0 Å². The van der Waals surface area contributed by atoms with Crippen LogP contribution in [0.15, 0.2) is 24.3 Å². The summed E-state index contributed by atoms with van der Waals surface area (Å²) in [6.07, 6.45) is 0.934. The van der Waals surface area contributed by atoms with Crippen LogP contribution in [-0.4, -0.2) is 43.1 Å². The lowest BCUT2D eigenvalue weighted by atomic mass is 9.80. The van der Waals surface area contributed by atoms with Gasteiger partial charge in [0.1, 0.15) is 5.75 Å². The number of carbonyl (C=O) groups excluding carboxylic acids is 1. The summed E-state index contributed by atoms with van der Waals surface area (Å²) in [7, 11) is 0. The summed E-state index contributed by atoms with van der Waals surface area (Å²) in [4.78, 5) is 14.3. The van der Waals surface area contributed by atoms with Gasteiger partial charge in [-0.3, -0.25) is 9.69 Å². The number of hydrogen-bond acceptors (Lipinski definition) is 4. The standard InChI is InChI=1S/C17H27N3O2/c1-4-22-14-7-5-13(6-8-14)19-16(21)11-20-10-9-15(18)17(2,3)12-20/h5-8,15H,4,9-12,18H2,1-3H3,(H,19,21). The van der Waals surface area contributed by atoms with Crippen molar-refractivity contribution in [1.29, 1.82) is 0 Å². The van der Waals surface area contributed by atoms with Crippen LogP contribution in [0, 0.1) is 5.41 Å². The maximum Gasteiger partial charge on any atom is 0.238 e. The van der Waals surface area contributed by atoms with Crippen molar-refractivity contribution in [1.82, 2.24) is 4.90 Å². The molecule has 3 N–H and O–H groups in total. The predicted molar refractivity (Wildman–Crippen MR) is 89.1 cm³/mol. The van der Waals surface area contributed by atoms with Crippen LogP contribution in [0.5, 0.6) is 5.75 Å². The summed E-state index contributed by atoms with van der Waals surface area (Å²) < 4.78 is 5.39.